The number of carbonyl (C=O) groups excluding carboxylic acids is 1. The second-order valence-corrected chi connectivity index (χ2v) is 4.81. The van der Waals surface area contributed by atoms with E-state index in [2.05, 4.69) is 0 Å². The maximum Gasteiger partial charge on any atom is 0.471 e. The quantitative estimate of drug-likeness (QED) is 0.908. The van der Waals surface area contributed by atoms with Crippen LogP contribution in [-0.2, 0) is 4.79 Å². The Hall–Kier alpha value is -2.01. The van der Waals surface area contributed by atoms with Gasteiger partial charge in [0, 0.05) is 5.02 Å². The van der Waals surface area contributed by atoms with Crippen LogP contribution in [0.1, 0.15) is 17.2 Å². The van der Waals surface area contributed by atoms with Crippen LogP contribution in [0.4, 0.5) is 13.2 Å². The minimum absolute atomic E-state index is 0.384. The Morgan fingerprint density at radius 3 is 2.19 bits per heavy atom. The Labute approximate surface area is 124 Å². The Bertz CT molecular complexity index is 628. The van der Waals surface area contributed by atoms with Gasteiger partial charge in [-0.2, -0.15) is 13.2 Å². The molecule has 0 spiro atoms. The van der Waals surface area contributed by atoms with Crippen molar-refractivity contribution in [2.45, 2.75) is 12.2 Å². The molecule has 0 saturated heterocycles. The van der Waals surface area contributed by atoms with Crippen molar-refractivity contribution in [2.24, 2.45) is 0 Å². The first-order chi connectivity index (χ1) is 9.88. The summed E-state index contributed by atoms with van der Waals surface area (Å²) in [4.78, 5) is 11.2. The molecule has 1 atom stereocenters. The van der Waals surface area contributed by atoms with E-state index < -0.39 is 18.1 Å². The van der Waals surface area contributed by atoms with Gasteiger partial charge in [0.05, 0.1) is 6.04 Å². The number of rotatable bonds is 3. The Balaban J connectivity index is 2.38. The van der Waals surface area contributed by atoms with Gasteiger partial charge >= 0.3 is 12.1 Å². The third-order valence-corrected chi connectivity index (χ3v) is 3.08. The lowest BCUT2D eigenvalue weighted by molar-refractivity contribution is -0.174. The van der Waals surface area contributed by atoms with Crippen molar-refractivity contribution in [3.63, 3.8) is 0 Å². The maximum absolute atomic E-state index is 12.5. The molecule has 0 aromatic heterocycles. The van der Waals surface area contributed by atoms with Gasteiger partial charge in [0.15, 0.2) is 0 Å². The first kappa shape index (κ1) is 15.4. The van der Waals surface area contributed by atoms with Crippen LogP contribution >= 0.6 is 11.6 Å². The summed E-state index contributed by atoms with van der Waals surface area (Å²) in [6.07, 6.45) is -4.94. The molecule has 21 heavy (non-hydrogen) atoms. The van der Waals surface area contributed by atoms with Gasteiger partial charge in [-0.3, -0.25) is 4.79 Å². The van der Waals surface area contributed by atoms with E-state index in [-0.39, 0.29) is 0 Å². The molecule has 110 valence electrons. The van der Waals surface area contributed by atoms with Gasteiger partial charge in [0.1, 0.15) is 0 Å². The fourth-order valence-corrected chi connectivity index (χ4v) is 2.10. The van der Waals surface area contributed by atoms with Gasteiger partial charge < -0.3 is 5.32 Å². The fourth-order valence-electron chi connectivity index (χ4n) is 1.90. The molecule has 0 fully saturated rings. The second kappa shape index (κ2) is 6.18. The molecule has 0 heterocycles. The van der Waals surface area contributed by atoms with Crippen LogP contribution in [0.25, 0.3) is 0 Å². The van der Waals surface area contributed by atoms with Crippen molar-refractivity contribution in [1.29, 1.82) is 0 Å². The van der Waals surface area contributed by atoms with Crippen LogP contribution in [-0.4, -0.2) is 12.1 Å². The molecule has 0 aliphatic rings. The number of benzene rings is 2. The number of carbonyl (C=O) groups is 1. The smallest absolute Gasteiger partial charge is 0.337 e. The van der Waals surface area contributed by atoms with E-state index in [1.165, 1.54) is 6.07 Å². The highest BCUT2D eigenvalue weighted by Gasteiger charge is 2.40. The molecule has 0 radical (unpaired) electrons. The van der Waals surface area contributed by atoms with Gasteiger partial charge in [-0.15, -0.1) is 0 Å². The Morgan fingerprint density at radius 2 is 1.62 bits per heavy atom. The Morgan fingerprint density at radius 1 is 1.00 bits per heavy atom. The molecule has 2 nitrogen and oxygen atoms in total. The van der Waals surface area contributed by atoms with Gasteiger partial charge in [-0.05, 0) is 23.3 Å². The third-order valence-electron chi connectivity index (χ3n) is 2.85. The number of halogens is 4. The summed E-state index contributed by atoms with van der Waals surface area (Å²) in [6, 6.07) is 13.8. The minimum atomic E-state index is -4.94. The van der Waals surface area contributed by atoms with Crippen molar-refractivity contribution in [2.75, 3.05) is 0 Å². The number of hydrogen-bond donors (Lipinski definition) is 1. The summed E-state index contributed by atoms with van der Waals surface area (Å²) >= 11 is 5.87. The van der Waals surface area contributed by atoms with E-state index >= 15 is 0 Å². The van der Waals surface area contributed by atoms with Gasteiger partial charge in [-0.25, -0.2) is 0 Å². The average Bonchev–Trinajstić information content (AvgIpc) is 2.44. The predicted octanol–water partition coefficient (Wildman–Crippen LogP) is 4.11. The first-order valence-corrected chi connectivity index (χ1v) is 6.44. The average molecular weight is 314 g/mol. The maximum atomic E-state index is 12.5. The van der Waals surface area contributed by atoms with Crippen LogP contribution in [0.2, 0.25) is 5.02 Å². The molecule has 2 rings (SSSR count). The molecule has 1 unspecified atom stereocenters. The topological polar surface area (TPSA) is 29.1 Å². The third kappa shape index (κ3) is 3.98. The molecule has 1 amide bonds. The van der Waals surface area contributed by atoms with E-state index in [1.807, 2.05) is 5.32 Å². The van der Waals surface area contributed by atoms with Crippen LogP contribution in [0.5, 0.6) is 0 Å². The van der Waals surface area contributed by atoms with Crippen LogP contribution in [0.15, 0.2) is 54.6 Å². The molecule has 0 bridgehead atoms. The fraction of sp³-hybridized carbons (Fsp3) is 0.133. The normalized spacial score (nSPS) is 12.8. The molecular formula is C15H11ClF3NO. The summed E-state index contributed by atoms with van der Waals surface area (Å²) in [5, 5.41) is 2.38. The van der Waals surface area contributed by atoms with Gasteiger partial charge in [-0.1, -0.05) is 54.1 Å². The van der Waals surface area contributed by atoms with E-state index in [4.69, 9.17) is 11.6 Å². The van der Waals surface area contributed by atoms with Crippen molar-refractivity contribution in [3.05, 3.63) is 70.7 Å². The van der Waals surface area contributed by atoms with Crippen LogP contribution in [0.3, 0.4) is 0 Å². The number of amides is 1. The summed E-state index contributed by atoms with van der Waals surface area (Å²) in [5.41, 5.74) is 1.02. The standard InChI is InChI=1S/C15H11ClF3NO/c16-12-8-4-7-11(9-12)13(10-5-2-1-3-6-10)20-14(21)15(17,18)19/h1-9,13H,(H,20,21). The molecule has 1 N–H and O–H groups in total. The van der Waals surface area contributed by atoms with Crippen molar-refractivity contribution in [3.8, 4) is 0 Å². The lowest BCUT2D eigenvalue weighted by Gasteiger charge is -2.20. The molecule has 2 aromatic rings. The van der Waals surface area contributed by atoms with E-state index in [0.29, 0.717) is 16.1 Å². The summed E-state index contributed by atoms with van der Waals surface area (Å²) in [7, 11) is 0. The van der Waals surface area contributed by atoms with E-state index in [1.54, 1.807) is 48.5 Å². The van der Waals surface area contributed by atoms with Crippen molar-refractivity contribution >= 4 is 17.5 Å². The van der Waals surface area contributed by atoms with Crippen LogP contribution < -0.4 is 5.32 Å². The molecule has 0 aliphatic carbocycles. The van der Waals surface area contributed by atoms with Crippen LogP contribution in [0, 0.1) is 0 Å². The highest BCUT2D eigenvalue weighted by atomic mass is 35.5. The zero-order valence-corrected chi connectivity index (χ0v) is 11.4. The Kier molecular flexibility index (Phi) is 4.53. The summed E-state index contributed by atoms with van der Waals surface area (Å²) in [5.74, 6) is -1.99. The molecule has 2 aromatic carbocycles. The van der Waals surface area contributed by atoms with E-state index in [9.17, 15) is 18.0 Å². The molecule has 6 heteroatoms. The van der Waals surface area contributed by atoms with Crippen molar-refractivity contribution < 1.29 is 18.0 Å². The predicted molar refractivity (Wildman–Crippen MR) is 73.9 cm³/mol. The molecular weight excluding hydrogens is 303 g/mol. The summed E-state index contributed by atoms with van der Waals surface area (Å²) in [6.45, 7) is 0. The van der Waals surface area contributed by atoms with E-state index in [0.717, 1.165) is 0 Å². The zero-order valence-electron chi connectivity index (χ0n) is 10.7. The lowest BCUT2D eigenvalue weighted by atomic mass is 9.98. The SMILES string of the molecule is O=C(NC(c1ccccc1)c1cccc(Cl)c1)C(F)(F)F. The molecule has 0 aliphatic heterocycles. The first-order valence-electron chi connectivity index (χ1n) is 6.06. The number of alkyl halides is 3. The van der Waals surface area contributed by atoms with Gasteiger partial charge in [0.25, 0.3) is 0 Å². The number of nitrogens with one attached hydrogen (secondary N) is 1. The van der Waals surface area contributed by atoms with Gasteiger partial charge in [0.2, 0.25) is 0 Å². The monoisotopic (exact) mass is 313 g/mol. The van der Waals surface area contributed by atoms with Crippen molar-refractivity contribution in [1.82, 2.24) is 5.32 Å². The molecule has 0 saturated carbocycles. The zero-order chi connectivity index (χ0) is 15.5. The minimum Gasteiger partial charge on any atom is -0.337 e. The lowest BCUT2D eigenvalue weighted by Crippen LogP contribution is -2.39. The highest BCUT2D eigenvalue weighted by Crippen LogP contribution is 2.26. The summed E-state index contributed by atoms with van der Waals surface area (Å²) < 4.78 is 37.4. The largest absolute Gasteiger partial charge is 0.471 e. The second-order valence-electron chi connectivity index (χ2n) is 4.37. The highest BCUT2D eigenvalue weighted by molar-refractivity contribution is 6.30. The number of hydrogen-bond acceptors (Lipinski definition) is 1.